The molecule has 1 saturated heterocycles. The van der Waals surface area contributed by atoms with Crippen LogP contribution >= 0.6 is 22.7 Å². The number of nitrogens with one attached hydrogen (secondary N) is 3. The number of aliphatic hydroxyl groups excluding tert-OH is 1. The third-order valence-electron chi connectivity index (χ3n) is 13.3. The predicted molar refractivity (Wildman–Crippen MR) is 297 cm³/mol. The first-order chi connectivity index (χ1) is 36.4. The Hall–Kier alpha value is -7.73. The summed E-state index contributed by atoms with van der Waals surface area (Å²) in [6.45, 7) is 9.92. The molecule has 15 nitrogen and oxygen atoms in total. The second-order valence-electron chi connectivity index (χ2n) is 20.1. The number of fused-ring (bicyclic) bond motifs is 1. The molecule has 1 aliphatic rings. The van der Waals surface area contributed by atoms with E-state index in [0.717, 1.165) is 56.8 Å². The number of hydrogen-bond acceptors (Lipinski definition) is 13. The van der Waals surface area contributed by atoms with Gasteiger partial charge in [0.2, 0.25) is 17.7 Å². The third-order valence-corrected chi connectivity index (χ3v) is 15.5. The standard InChI is InChI=1S/C59H62N6O9S2/c1-35(38-16-18-39(19-17-38)53-36(2)60-34-75-53)62-57(72)48-30-45(68)33-65(48)58(73)55(59(3,4)5)63-50(69)13-8-6-7-9-28-74-46-25-14-37(15-26-46)32-61-64-56(71)42-12-10-11-41(29-42)52(70)51-47-27-24-44(67)31-49(47)76-54(51)40-20-22-43(66)23-21-40/h10-12,14-27,29,31-32,34-35,45,48,55,66-68H,6-9,13,28,30,33H2,1-5H3,(H,62,72)(H,63,69)(H,64,71). The molecule has 0 bridgehead atoms. The second kappa shape index (κ2) is 24.3. The van der Waals surface area contributed by atoms with Crippen molar-refractivity contribution in [3.63, 3.8) is 0 Å². The number of ketones is 1. The second-order valence-corrected chi connectivity index (χ2v) is 22.0. The number of ether oxygens (including phenoxy) is 1. The fourth-order valence-corrected chi connectivity index (χ4v) is 11.2. The maximum atomic E-state index is 14.1. The Morgan fingerprint density at radius 3 is 2.22 bits per heavy atom. The summed E-state index contributed by atoms with van der Waals surface area (Å²) in [5.41, 5.74) is 9.01. The van der Waals surface area contributed by atoms with Crippen LogP contribution in [0.3, 0.4) is 0 Å². The average Bonchev–Trinajstić information content (AvgIpc) is 4.15. The van der Waals surface area contributed by atoms with Gasteiger partial charge in [0.15, 0.2) is 5.78 Å². The van der Waals surface area contributed by atoms with Gasteiger partial charge in [0.25, 0.3) is 5.91 Å². The SMILES string of the molecule is Cc1ncsc1-c1ccc(C(C)NC(=O)C2CC(O)CN2C(=O)C(NC(=O)CCCCCCOc2ccc(C=NNC(=O)c3cccc(C(=O)c4c(-c5ccc(O)cc5)sc5cc(O)ccc45)c3)cc2)C(C)(C)C)cc1. The van der Waals surface area contributed by atoms with Gasteiger partial charge in [-0.25, -0.2) is 10.4 Å². The smallest absolute Gasteiger partial charge is 0.271 e. The summed E-state index contributed by atoms with van der Waals surface area (Å²) < 4.78 is 6.66. The summed E-state index contributed by atoms with van der Waals surface area (Å²) in [7, 11) is 0. The monoisotopic (exact) mass is 1060 g/mol. The zero-order valence-corrected chi connectivity index (χ0v) is 44.7. The highest BCUT2D eigenvalue weighted by molar-refractivity contribution is 7.22. The van der Waals surface area contributed by atoms with Crippen molar-refractivity contribution < 1.29 is 44.0 Å². The number of rotatable bonds is 20. The highest BCUT2D eigenvalue weighted by atomic mass is 32.1. The number of thiophene rings is 1. The van der Waals surface area contributed by atoms with Gasteiger partial charge in [0.1, 0.15) is 29.3 Å². The third kappa shape index (κ3) is 13.4. The molecule has 1 fully saturated rings. The molecule has 0 radical (unpaired) electrons. The number of phenolic OH excluding ortho intramolecular Hbond substituents is 2. The summed E-state index contributed by atoms with van der Waals surface area (Å²) in [6, 6.07) is 30.8. The molecule has 3 heterocycles. The van der Waals surface area contributed by atoms with Crippen LogP contribution in [0.5, 0.6) is 17.2 Å². The first kappa shape index (κ1) is 54.5. The number of aryl methyl sites for hydroxylation is 1. The quantitative estimate of drug-likeness (QED) is 0.0184. The number of thiazole rings is 1. The van der Waals surface area contributed by atoms with Gasteiger partial charge < -0.3 is 35.6 Å². The number of amides is 4. The minimum atomic E-state index is -0.904. The van der Waals surface area contributed by atoms with Gasteiger partial charge in [-0.15, -0.1) is 22.7 Å². The van der Waals surface area contributed by atoms with Crippen LogP contribution in [0.1, 0.15) is 115 Å². The zero-order valence-electron chi connectivity index (χ0n) is 43.0. The highest BCUT2D eigenvalue weighted by Gasteiger charge is 2.44. The van der Waals surface area contributed by atoms with Gasteiger partial charge in [0, 0.05) is 51.0 Å². The Morgan fingerprint density at radius 1 is 0.829 bits per heavy atom. The molecule has 0 saturated carbocycles. The van der Waals surface area contributed by atoms with E-state index in [1.807, 2.05) is 76.5 Å². The molecule has 4 unspecified atom stereocenters. The van der Waals surface area contributed by atoms with Gasteiger partial charge in [-0.1, -0.05) is 70.0 Å². The summed E-state index contributed by atoms with van der Waals surface area (Å²) in [5.74, 6) is -0.979. The maximum absolute atomic E-state index is 14.1. The lowest BCUT2D eigenvalue weighted by atomic mass is 9.85. The Kier molecular flexibility index (Phi) is 17.4. The maximum Gasteiger partial charge on any atom is 0.271 e. The predicted octanol–water partition coefficient (Wildman–Crippen LogP) is 10.1. The number of unbranched alkanes of at least 4 members (excludes halogenated alkanes) is 3. The molecular weight excluding hydrogens is 1000 g/mol. The number of carbonyl (C=O) groups excluding carboxylic acids is 5. The minimum Gasteiger partial charge on any atom is -0.508 e. The number of hydrazone groups is 1. The lowest BCUT2D eigenvalue weighted by Crippen LogP contribution is -2.57. The Labute approximate surface area is 449 Å². The number of phenols is 2. The molecule has 394 valence electrons. The molecule has 1 aliphatic heterocycles. The number of β-amino-alcohol motifs (C(OH)–C–C–N with tert-alkyl or cyclic N) is 1. The highest BCUT2D eigenvalue weighted by Crippen LogP contribution is 2.42. The normalized spacial score (nSPS) is 15.4. The Morgan fingerprint density at radius 2 is 1.51 bits per heavy atom. The van der Waals surface area contributed by atoms with E-state index < -0.39 is 35.4 Å². The van der Waals surface area contributed by atoms with Crippen LogP contribution in [0, 0.1) is 12.3 Å². The lowest BCUT2D eigenvalue weighted by molar-refractivity contribution is -0.144. The summed E-state index contributed by atoms with van der Waals surface area (Å²) >= 11 is 2.93. The summed E-state index contributed by atoms with van der Waals surface area (Å²) in [6.07, 6.45) is 3.94. The number of aliphatic hydroxyl groups is 1. The van der Waals surface area contributed by atoms with Crippen LogP contribution in [0.4, 0.5) is 0 Å². The van der Waals surface area contributed by atoms with Gasteiger partial charge in [-0.2, -0.15) is 5.10 Å². The van der Waals surface area contributed by atoms with Gasteiger partial charge in [-0.05, 0) is 133 Å². The first-order valence-corrected chi connectivity index (χ1v) is 27.0. The fraction of sp³-hybridized carbons (Fsp3) is 0.305. The van der Waals surface area contributed by atoms with E-state index in [2.05, 4.69) is 26.1 Å². The van der Waals surface area contributed by atoms with Crippen molar-refractivity contribution in [1.29, 1.82) is 0 Å². The fourth-order valence-electron chi connectivity index (χ4n) is 9.13. The van der Waals surface area contributed by atoms with Crippen molar-refractivity contribution in [1.82, 2.24) is 25.9 Å². The van der Waals surface area contributed by atoms with E-state index in [9.17, 15) is 39.3 Å². The van der Waals surface area contributed by atoms with Gasteiger partial charge in [0.05, 0.1) is 41.0 Å². The molecule has 4 amide bonds. The van der Waals surface area contributed by atoms with E-state index in [1.54, 1.807) is 78.1 Å². The number of aromatic hydroxyl groups is 2. The number of likely N-dealkylation sites (tertiary alicyclic amines) is 1. The van der Waals surface area contributed by atoms with Crippen molar-refractivity contribution in [3.8, 4) is 38.1 Å². The van der Waals surface area contributed by atoms with Crippen LogP contribution < -0.4 is 20.8 Å². The number of benzene rings is 5. The Bertz CT molecular complexity index is 3240. The number of nitrogens with zero attached hydrogens (tertiary/aromatic N) is 3. The Balaban J connectivity index is 0.753. The molecule has 2 aromatic heterocycles. The number of carbonyl (C=O) groups is 5. The minimum absolute atomic E-state index is 0.00314. The van der Waals surface area contributed by atoms with Gasteiger partial charge >= 0.3 is 0 Å². The van der Waals surface area contributed by atoms with E-state index >= 15 is 0 Å². The molecule has 5 aromatic carbocycles. The first-order valence-electron chi connectivity index (χ1n) is 25.3. The summed E-state index contributed by atoms with van der Waals surface area (Å²) in [4.78, 5) is 75.8. The zero-order chi connectivity index (χ0) is 54.1. The van der Waals surface area contributed by atoms with Crippen molar-refractivity contribution in [2.24, 2.45) is 10.5 Å². The molecule has 0 spiro atoms. The molecule has 4 atom stereocenters. The molecule has 0 aliphatic carbocycles. The topological polar surface area (TPSA) is 220 Å². The van der Waals surface area contributed by atoms with Crippen LogP contribution in [-0.2, 0) is 14.4 Å². The van der Waals surface area contributed by atoms with Crippen LogP contribution in [0.2, 0.25) is 0 Å². The van der Waals surface area contributed by atoms with Crippen molar-refractivity contribution in [3.05, 3.63) is 154 Å². The lowest BCUT2D eigenvalue weighted by Gasteiger charge is -2.35. The molecule has 17 heteroatoms. The molecular formula is C59H62N6O9S2. The van der Waals surface area contributed by atoms with Crippen molar-refractivity contribution in [2.75, 3.05) is 13.2 Å². The average molecular weight is 1060 g/mol. The molecule has 8 rings (SSSR count). The van der Waals surface area contributed by atoms with Crippen molar-refractivity contribution >= 4 is 68.4 Å². The van der Waals surface area contributed by atoms with Crippen LogP contribution in [0.25, 0.3) is 31.0 Å². The number of hydrogen-bond donors (Lipinski definition) is 6. The van der Waals surface area contributed by atoms with Crippen LogP contribution in [-0.4, -0.2) is 92.2 Å². The number of aromatic nitrogens is 1. The van der Waals surface area contributed by atoms with E-state index in [1.165, 1.54) is 34.6 Å². The molecule has 76 heavy (non-hydrogen) atoms. The van der Waals surface area contributed by atoms with E-state index in [4.69, 9.17) is 4.74 Å². The molecule has 7 aromatic rings. The molecule has 6 N–H and O–H groups in total. The summed E-state index contributed by atoms with van der Waals surface area (Å²) in [5, 5.41) is 41.4. The van der Waals surface area contributed by atoms with E-state index in [0.29, 0.717) is 40.2 Å². The largest absolute Gasteiger partial charge is 0.508 e. The van der Waals surface area contributed by atoms with Crippen LogP contribution in [0.15, 0.2) is 126 Å². The van der Waals surface area contributed by atoms with Gasteiger partial charge in [-0.3, -0.25) is 24.0 Å². The van der Waals surface area contributed by atoms with E-state index in [-0.39, 0.29) is 60.1 Å². The van der Waals surface area contributed by atoms with Crippen molar-refractivity contribution in [2.45, 2.75) is 97.4 Å².